The van der Waals surface area contributed by atoms with Gasteiger partial charge in [-0.3, -0.25) is 0 Å². The number of phenols is 1. The van der Waals surface area contributed by atoms with Gasteiger partial charge in [0, 0.05) is 25.3 Å². The van der Waals surface area contributed by atoms with Crippen molar-refractivity contribution in [1.82, 2.24) is 0 Å². The molecular formula is C9H13NO. The van der Waals surface area contributed by atoms with Crippen molar-refractivity contribution in [3.05, 3.63) is 24.3 Å². The third-order valence-corrected chi connectivity index (χ3v) is 1.74. The van der Waals surface area contributed by atoms with Gasteiger partial charge >= 0.3 is 0 Å². The minimum absolute atomic E-state index is 0.322. The second-order valence-electron chi connectivity index (χ2n) is 2.53. The van der Waals surface area contributed by atoms with Crippen LogP contribution in [0.4, 0.5) is 5.69 Å². The van der Waals surface area contributed by atoms with Crippen LogP contribution in [0, 0.1) is 0 Å². The molecule has 0 saturated heterocycles. The molecule has 1 aromatic rings. The Bertz CT molecular complexity index is 235. The maximum absolute atomic E-state index is 9.13. The fourth-order valence-corrected chi connectivity index (χ4v) is 0.913. The van der Waals surface area contributed by atoms with E-state index in [1.807, 2.05) is 19.2 Å². The van der Waals surface area contributed by atoms with Gasteiger partial charge in [-0.1, -0.05) is 6.07 Å². The van der Waals surface area contributed by atoms with E-state index in [1.165, 1.54) is 0 Å². The molecule has 11 heavy (non-hydrogen) atoms. The summed E-state index contributed by atoms with van der Waals surface area (Å²) < 4.78 is 0. The number of phenolic OH excluding ortho intramolecular Hbond substituents is 1. The van der Waals surface area contributed by atoms with E-state index in [4.69, 9.17) is 5.11 Å². The van der Waals surface area contributed by atoms with Crippen LogP contribution in [0.1, 0.15) is 6.92 Å². The average molecular weight is 151 g/mol. The Kier molecular flexibility index (Phi) is 2.36. The standard InChI is InChI=1S/C9H13NO/c1-3-10(2)8-5-4-6-9(11)7-8/h4-7,11H,3H2,1-2H3. The summed E-state index contributed by atoms with van der Waals surface area (Å²) in [6.07, 6.45) is 0. The first-order chi connectivity index (χ1) is 5.24. The van der Waals surface area contributed by atoms with Crippen molar-refractivity contribution in [3.8, 4) is 5.75 Å². The highest BCUT2D eigenvalue weighted by Crippen LogP contribution is 2.17. The quantitative estimate of drug-likeness (QED) is 0.697. The Hall–Kier alpha value is -1.18. The molecule has 0 amide bonds. The van der Waals surface area contributed by atoms with Gasteiger partial charge in [-0.05, 0) is 19.1 Å². The number of rotatable bonds is 2. The summed E-state index contributed by atoms with van der Waals surface area (Å²) in [5, 5.41) is 9.13. The van der Waals surface area contributed by atoms with Crippen molar-refractivity contribution in [3.63, 3.8) is 0 Å². The highest BCUT2D eigenvalue weighted by Gasteiger charge is 1.96. The molecule has 0 aromatic heterocycles. The SMILES string of the molecule is CCN(C)c1cccc(O)c1. The van der Waals surface area contributed by atoms with Gasteiger partial charge < -0.3 is 10.0 Å². The van der Waals surface area contributed by atoms with Crippen LogP contribution in [-0.4, -0.2) is 18.7 Å². The van der Waals surface area contributed by atoms with Gasteiger partial charge in [0.1, 0.15) is 5.75 Å². The number of nitrogens with zero attached hydrogens (tertiary/aromatic N) is 1. The topological polar surface area (TPSA) is 23.5 Å². The molecule has 60 valence electrons. The fraction of sp³-hybridized carbons (Fsp3) is 0.333. The van der Waals surface area contributed by atoms with Crippen molar-refractivity contribution in [2.45, 2.75) is 6.92 Å². The summed E-state index contributed by atoms with van der Waals surface area (Å²) in [5.74, 6) is 0.322. The highest BCUT2D eigenvalue weighted by atomic mass is 16.3. The molecule has 0 aliphatic heterocycles. The van der Waals surface area contributed by atoms with Gasteiger partial charge in [-0.2, -0.15) is 0 Å². The molecule has 1 aromatic carbocycles. The number of hydrogen-bond donors (Lipinski definition) is 1. The molecule has 0 radical (unpaired) electrons. The Morgan fingerprint density at radius 3 is 2.73 bits per heavy atom. The monoisotopic (exact) mass is 151 g/mol. The number of aromatic hydroxyl groups is 1. The number of anilines is 1. The zero-order chi connectivity index (χ0) is 8.27. The van der Waals surface area contributed by atoms with Crippen LogP contribution in [0.2, 0.25) is 0 Å². The van der Waals surface area contributed by atoms with Crippen LogP contribution in [-0.2, 0) is 0 Å². The van der Waals surface area contributed by atoms with Gasteiger partial charge in [0.15, 0.2) is 0 Å². The predicted octanol–water partition coefficient (Wildman–Crippen LogP) is 1.85. The van der Waals surface area contributed by atoms with Crippen molar-refractivity contribution in [1.29, 1.82) is 0 Å². The Labute approximate surface area is 67.1 Å². The first-order valence-electron chi connectivity index (χ1n) is 3.74. The molecule has 0 heterocycles. The van der Waals surface area contributed by atoms with Gasteiger partial charge in [0.2, 0.25) is 0 Å². The van der Waals surface area contributed by atoms with Gasteiger partial charge in [0.05, 0.1) is 0 Å². The molecule has 0 saturated carbocycles. The van der Waals surface area contributed by atoms with Crippen LogP contribution in [0.3, 0.4) is 0 Å². The molecular weight excluding hydrogens is 138 g/mol. The maximum Gasteiger partial charge on any atom is 0.117 e. The Balaban J connectivity index is 2.86. The minimum atomic E-state index is 0.322. The molecule has 1 N–H and O–H groups in total. The maximum atomic E-state index is 9.13. The van der Waals surface area contributed by atoms with E-state index in [0.29, 0.717) is 5.75 Å². The second kappa shape index (κ2) is 3.28. The lowest BCUT2D eigenvalue weighted by Gasteiger charge is -2.16. The van der Waals surface area contributed by atoms with Gasteiger partial charge in [0.25, 0.3) is 0 Å². The van der Waals surface area contributed by atoms with Crippen LogP contribution < -0.4 is 4.90 Å². The van der Waals surface area contributed by atoms with E-state index < -0.39 is 0 Å². The van der Waals surface area contributed by atoms with E-state index in [1.54, 1.807) is 12.1 Å². The molecule has 2 heteroatoms. The van der Waals surface area contributed by atoms with E-state index in [9.17, 15) is 0 Å². The van der Waals surface area contributed by atoms with E-state index in [-0.39, 0.29) is 0 Å². The number of hydrogen-bond acceptors (Lipinski definition) is 2. The Morgan fingerprint density at radius 1 is 1.45 bits per heavy atom. The van der Waals surface area contributed by atoms with Crippen LogP contribution >= 0.6 is 0 Å². The lowest BCUT2D eigenvalue weighted by atomic mass is 10.3. The van der Waals surface area contributed by atoms with Crippen molar-refractivity contribution >= 4 is 5.69 Å². The lowest BCUT2D eigenvalue weighted by molar-refractivity contribution is 0.475. The van der Waals surface area contributed by atoms with Crippen LogP contribution in [0.5, 0.6) is 5.75 Å². The summed E-state index contributed by atoms with van der Waals surface area (Å²) in [5.41, 5.74) is 1.05. The summed E-state index contributed by atoms with van der Waals surface area (Å²) in [6, 6.07) is 7.25. The van der Waals surface area contributed by atoms with E-state index in [0.717, 1.165) is 12.2 Å². The van der Waals surface area contributed by atoms with Gasteiger partial charge in [-0.15, -0.1) is 0 Å². The minimum Gasteiger partial charge on any atom is -0.508 e. The first-order valence-corrected chi connectivity index (χ1v) is 3.74. The first kappa shape index (κ1) is 7.92. The molecule has 2 nitrogen and oxygen atoms in total. The Morgan fingerprint density at radius 2 is 2.18 bits per heavy atom. The second-order valence-corrected chi connectivity index (χ2v) is 2.53. The summed E-state index contributed by atoms with van der Waals surface area (Å²) in [6.45, 7) is 3.02. The molecule has 0 aliphatic carbocycles. The molecule has 0 atom stereocenters. The zero-order valence-corrected chi connectivity index (χ0v) is 6.91. The smallest absolute Gasteiger partial charge is 0.117 e. The molecule has 0 spiro atoms. The normalized spacial score (nSPS) is 9.64. The average Bonchev–Trinajstić information content (AvgIpc) is 2.03. The predicted molar refractivity (Wildman–Crippen MR) is 47.1 cm³/mol. The molecule has 0 bridgehead atoms. The summed E-state index contributed by atoms with van der Waals surface area (Å²) in [7, 11) is 1.99. The lowest BCUT2D eigenvalue weighted by Crippen LogP contribution is -2.15. The molecule has 0 fully saturated rings. The number of benzene rings is 1. The van der Waals surface area contributed by atoms with E-state index >= 15 is 0 Å². The van der Waals surface area contributed by atoms with Gasteiger partial charge in [-0.25, -0.2) is 0 Å². The van der Waals surface area contributed by atoms with Crippen molar-refractivity contribution < 1.29 is 5.11 Å². The highest BCUT2D eigenvalue weighted by molar-refractivity contribution is 5.49. The van der Waals surface area contributed by atoms with Crippen LogP contribution in [0.15, 0.2) is 24.3 Å². The third-order valence-electron chi connectivity index (χ3n) is 1.74. The zero-order valence-electron chi connectivity index (χ0n) is 6.91. The largest absolute Gasteiger partial charge is 0.508 e. The van der Waals surface area contributed by atoms with Crippen molar-refractivity contribution in [2.75, 3.05) is 18.5 Å². The van der Waals surface area contributed by atoms with E-state index in [2.05, 4.69) is 11.8 Å². The summed E-state index contributed by atoms with van der Waals surface area (Å²) in [4.78, 5) is 2.07. The van der Waals surface area contributed by atoms with Crippen LogP contribution in [0.25, 0.3) is 0 Å². The molecule has 0 unspecified atom stereocenters. The molecule has 1 rings (SSSR count). The summed E-state index contributed by atoms with van der Waals surface area (Å²) >= 11 is 0. The third kappa shape index (κ3) is 1.87. The molecule has 0 aliphatic rings. The van der Waals surface area contributed by atoms with Crippen molar-refractivity contribution in [2.24, 2.45) is 0 Å². The fourth-order valence-electron chi connectivity index (χ4n) is 0.913.